The molecule has 130 valence electrons. The predicted octanol–water partition coefficient (Wildman–Crippen LogP) is 1.31. The zero-order valence-corrected chi connectivity index (χ0v) is 13.3. The van der Waals surface area contributed by atoms with Gasteiger partial charge in [-0.3, -0.25) is 4.79 Å². The number of esters is 1. The summed E-state index contributed by atoms with van der Waals surface area (Å²) < 4.78 is 10.3. The number of carbonyl (C=O) groups excluding carboxylic acids is 2. The van der Waals surface area contributed by atoms with Crippen LogP contribution in [0.3, 0.4) is 0 Å². The molecule has 1 aliphatic heterocycles. The van der Waals surface area contributed by atoms with E-state index in [0.29, 0.717) is 13.0 Å². The van der Waals surface area contributed by atoms with Crippen LogP contribution in [-0.4, -0.2) is 52.5 Å². The highest BCUT2D eigenvalue weighted by atomic mass is 16.6. The SMILES string of the molecule is CCOC(=O)[C@@H]1CCCCN1C(=O)COc1cccnc1[N+](=O)[O-]. The topological polar surface area (TPSA) is 112 Å². The molecular formula is C15H19N3O6. The fraction of sp³-hybridized carbons (Fsp3) is 0.533. The number of pyridine rings is 1. The van der Waals surface area contributed by atoms with Crippen LogP contribution >= 0.6 is 0 Å². The van der Waals surface area contributed by atoms with E-state index in [0.717, 1.165) is 12.8 Å². The third kappa shape index (κ3) is 4.18. The smallest absolute Gasteiger partial charge is 0.406 e. The van der Waals surface area contributed by atoms with Gasteiger partial charge in [-0.15, -0.1) is 0 Å². The molecule has 1 aromatic heterocycles. The molecule has 24 heavy (non-hydrogen) atoms. The zero-order valence-electron chi connectivity index (χ0n) is 13.3. The third-order valence-corrected chi connectivity index (χ3v) is 3.66. The number of nitro groups is 1. The van der Waals surface area contributed by atoms with Crippen molar-refractivity contribution in [3.63, 3.8) is 0 Å². The Balaban J connectivity index is 2.03. The second kappa shape index (κ2) is 8.23. The molecule has 0 aliphatic carbocycles. The van der Waals surface area contributed by atoms with Crippen molar-refractivity contribution in [2.45, 2.75) is 32.2 Å². The molecule has 2 rings (SSSR count). The molecule has 0 saturated carbocycles. The number of carbonyl (C=O) groups is 2. The number of likely N-dealkylation sites (tertiary alicyclic amines) is 1. The minimum Gasteiger partial charge on any atom is -0.476 e. The highest BCUT2D eigenvalue weighted by Crippen LogP contribution is 2.24. The maximum absolute atomic E-state index is 12.4. The lowest BCUT2D eigenvalue weighted by atomic mass is 10.0. The number of piperidine rings is 1. The van der Waals surface area contributed by atoms with Crippen LogP contribution in [0.2, 0.25) is 0 Å². The van der Waals surface area contributed by atoms with E-state index in [1.807, 2.05) is 0 Å². The van der Waals surface area contributed by atoms with Gasteiger partial charge in [0.15, 0.2) is 6.61 Å². The molecule has 1 saturated heterocycles. The molecule has 0 aromatic carbocycles. The van der Waals surface area contributed by atoms with Gasteiger partial charge in [-0.1, -0.05) is 0 Å². The number of hydrogen-bond donors (Lipinski definition) is 0. The fourth-order valence-corrected chi connectivity index (χ4v) is 2.57. The Morgan fingerprint density at radius 1 is 1.46 bits per heavy atom. The van der Waals surface area contributed by atoms with E-state index < -0.39 is 35.3 Å². The van der Waals surface area contributed by atoms with Crippen LogP contribution < -0.4 is 4.74 Å². The van der Waals surface area contributed by atoms with Crippen molar-refractivity contribution in [2.75, 3.05) is 19.8 Å². The minimum absolute atomic E-state index is 0.0828. The Kier molecular flexibility index (Phi) is 6.05. The largest absolute Gasteiger partial charge is 0.476 e. The molecule has 1 fully saturated rings. The van der Waals surface area contributed by atoms with E-state index in [9.17, 15) is 19.7 Å². The van der Waals surface area contributed by atoms with E-state index >= 15 is 0 Å². The van der Waals surface area contributed by atoms with E-state index in [1.165, 1.54) is 23.2 Å². The van der Waals surface area contributed by atoms with Crippen LogP contribution in [0.25, 0.3) is 0 Å². The van der Waals surface area contributed by atoms with Gasteiger partial charge in [-0.25, -0.2) is 4.79 Å². The zero-order chi connectivity index (χ0) is 17.5. The van der Waals surface area contributed by atoms with Crippen molar-refractivity contribution in [1.82, 2.24) is 9.88 Å². The van der Waals surface area contributed by atoms with Gasteiger partial charge < -0.3 is 24.5 Å². The Bertz CT molecular complexity index is 621. The summed E-state index contributed by atoms with van der Waals surface area (Å²) in [6, 6.07) is 2.23. The third-order valence-electron chi connectivity index (χ3n) is 3.66. The first-order valence-corrected chi connectivity index (χ1v) is 7.73. The van der Waals surface area contributed by atoms with Gasteiger partial charge in [0.05, 0.1) is 6.61 Å². The Morgan fingerprint density at radius 2 is 2.25 bits per heavy atom. The first-order chi connectivity index (χ1) is 11.5. The highest BCUT2D eigenvalue weighted by Gasteiger charge is 2.33. The molecule has 9 heteroatoms. The van der Waals surface area contributed by atoms with Gasteiger partial charge >= 0.3 is 11.8 Å². The van der Waals surface area contributed by atoms with Crippen LogP contribution in [0.15, 0.2) is 18.3 Å². The van der Waals surface area contributed by atoms with E-state index in [4.69, 9.17) is 9.47 Å². The van der Waals surface area contributed by atoms with E-state index in [-0.39, 0.29) is 12.4 Å². The summed E-state index contributed by atoms with van der Waals surface area (Å²) in [6.45, 7) is 1.98. The molecular weight excluding hydrogens is 318 g/mol. The summed E-state index contributed by atoms with van der Waals surface area (Å²) in [5.74, 6) is -1.38. The predicted molar refractivity (Wildman–Crippen MR) is 82.4 cm³/mol. The summed E-state index contributed by atoms with van der Waals surface area (Å²) in [5, 5.41) is 10.9. The molecule has 0 bridgehead atoms. The summed E-state index contributed by atoms with van der Waals surface area (Å²) >= 11 is 0. The van der Waals surface area contributed by atoms with Crippen molar-refractivity contribution < 1.29 is 24.0 Å². The minimum atomic E-state index is -0.678. The number of hydrogen-bond acceptors (Lipinski definition) is 7. The number of rotatable bonds is 6. The van der Waals surface area contributed by atoms with Crippen LogP contribution in [0.5, 0.6) is 5.75 Å². The van der Waals surface area contributed by atoms with Crippen molar-refractivity contribution in [3.8, 4) is 5.75 Å². The second-order valence-electron chi connectivity index (χ2n) is 5.22. The molecule has 0 radical (unpaired) electrons. The Hall–Kier alpha value is -2.71. The summed E-state index contributed by atoms with van der Waals surface area (Å²) in [7, 11) is 0. The lowest BCUT2D eigenvalue weighted by molar-refractivity contribution is -0.390. The average Bonchev–Trinajstić information content (AvgIpc) is 2.60. The molecule has 0 N–H and O–H groups in total. The van der Waals surface area contributed by atoms with Crippen molar-refractivity contribution in [3.05, 3.63) is 28.4 Å². The molecule has 1 aromatic rings. The number of nitrogens with zero attached hydrogens (tertiary/aromatic N) is 3. The quantitative estimate of drug-likeness (QED) is 0.437. The van der Waals surface area contributed by atoms with Gasteiger partial charge in [0.2, 0.25) is 5.75 Å². The fourth-order valence-electron chi connectivity index (χ4n) is 2.57. The maximum Gasteiger partial charge on any atom is 0.406 e. The van der Waals surface area contributed by atoms with Crippen molar-refractivity contribution >= 4 is 17.7 Å². The van der Waals surface area contributed by atoms with Gasteiger partial charge in [0.25, 0.3) is 5.91 Å². The first-order valence-electron chi connectivity index (χ1n) is 7.73. The molecule has 0 unspecified atom stereocenters. The summed E-state index contributed by atoms with van der Waals surface area (Å²) in [5.41, 5.74) is 0. The lowest BCUT2D eigenvalue weighted by Gasteiger charge is -2.33. The average molecular weight is 337 g/mol. The molecule has 9 nitrogen and oxygen atoms in total. The van der Waals surface area contributed by atoms with Gasteiger partial charge in [0, 0.05) is 6.54 Å². The summed E-state index contributed by atoms with van der Waals surface area (Å²) in [6.07, 6.45) is 3.43. The number of aromatic nitrogens is 1. The molecule has 1 amide bonds. The van der Waals surface area contributed by atoms with Gasteiger partial charge in [0.1, 0.15) is 12.2 Å². The van der Waals surface area contributed by atoms with Crippen LogP contribution in [0.4, 0.5) is 5.82 Å². The normalized spacial score (nSPS) is 17.2. The number of amides is 1. The number of ether oxygens (including phenoxy) is 2. The van der Waals surface area contributed by atoms with Crippen molar-refractivity contribution in [2.24, 2.45) is 0 Å². The summed E-state index contributed by atoms with van der Waals surface area (Å²) in [4.78, 5) is 39.6. The molecule has 0 spiro atoms. The van der Waals surface area contributed by atoms with Crippen molar-refractivity contribution in [1.29, 1.82) is 0 Å². The maximum atomic E-state index is 12.4. The second-order valence-corrected chi connectivity index (χ2v) is 5.22. The van der Waals surface area contributed by atoms with Crippen LogP contribution in [0.1, 0.15) is 26.2 Å². The Morgan fingerprint density at radius 3 is 2.96 bits per heavy atom. The standard InChI is InChI=1S/C15H19N3O6/c1-2-23-15(20)11-6-3-4-9-17(11)13(19)10-24-12-7-5-8-16-14(12)18(21)22/h5,7-8,11H,2-4,6,9-10H2,1H3/t11-/m0/s1. The van der Waals surface area contributed by atoms with E-state index in [1.54, 1.807) is 6.92 Å². The monoisotopic (exact) mass is 337 g/mol. The lowest BCUT2D eigenvalue weighted by Crippen LogP contribution is -2.50. The molecule has 1 atom stereocenters. The van der Waals surface area contributed by atoms with Gasteiger partial charge in [-0.05, 0) is 48.2 Å². The van der Waals surface area contributed by atoms with Gasteiger partial charge in [-0.2, -0.15) is 0 Å². The Labute approximate surface area is 138 Å². The van der Waals surface area contributed by atoms with Crippen LogP contribution in [0, 0.1) is 10.1 Å². The highest BCUT2D eigenvalue weighted by molar-refractivity contribution is 5.85. The van der Waals surface area contributed by atoms with E-state index in [2.05, 4.69) is 4.98 Å². The van der Waals surface area contributed by atoms with Crippen LogP contribution in [-0.2, 0) is 14.3 Å². The molecule has 2 heterocycles. The first kappa shape index (κ1) is 17.6. The molecule has 1 aliphatic rings.